The van der Waals surface area contributed by atoms with E-state index in [0.717, 1.165) is 24.8 Å². The quantitative estimate of drug-likeness (QED) is 0.870. The minimum Gasteiger partial charge on any atom is -0.388 e. The molecule has 0 radical (unpaired) electrons. The molecule has 3 rings (SSSR count). The van der Waals surface area contributed by atoms with Crippen LogP contribution in [0.25, 0.3) is 5.69 Å². The van der Waals surface area contributed by atoms with Gasteiger partial charge in [0.25, 0.3) is 0 Å². The van der Waals surface area contributed by atoms with Gasteiger partial charge in [-0.2, -0.15) is 0 Å². The van der Waals surface area contributed by atoms with E-state index in [2.05, 4.69) is 62.6 Å². The van der Waals surface area contributed by atoms with Crippen LogP contribution in [0.3, 0.4) is 0 Å². The number of benzene rings is 1. The summed E-state index contributed by atoms with van der Waals surface area (Å²) in [7, 11) is 0. The summed E-state index contributed by atoms with van der Waals surface area (Å²) >= 11 is 0. The molecular weight excluding hydrogens is 258 g/mol. The topological polar surface area (TPSA) is 25.2 Å². The summed E-state index contributed by atoms with van der Waals surface area (Å²) in [6.45, 7) is 8.84. The van der Waals surface area contributed by atoms with Crippen molar-refractivity contribution in [3.8, 4) is 5.69 Å². The van der Waals surface area contributed by atoms with E-state index in [0.29, 0.717) is 0 Å². The number of para-hydroxylation sites is 1. The Hall–Kier alpha value is -1.54. The number of aliphatic hydroxyl groups is 1. The molecule has 112 valence electrons. The van der Waals surface area contributed by atoms with Gasteiger partial charge in [0.15, 0.2) is 0 Å². The van der Waals surface area contributed by atoms with Gasteiger partial charge in [0.05, 0.1) is 6.10 Å². The van der Waals surface area contributed by atoms with Crippen LogP contribution in [0, 0.1) is 12.3 Å². The van der Waals surface area contributed by atoms with Crippen molar-refractivity contribution in [3.05, 3.63) is 52.8 Å². The van der Waals surface area contributed by atoms with Crippen LogP contribution in [0.1, 0.15) is 55.8 Å². The fourth-order valence-corrected chi connectivity index (χ4v) is 3.71. The van der Waals surface area contributed by atoms with Gasteiger partial charge in [0.1, 0.15) is 0 Å². The number of hydrogen-bond acceptors (Lipinski definition) is 1. The molecule has 1 aliphatic carbocycles. The molecule has 0 amide bonds. The molecule has 2 heteroatoms. The van der Waals surface area contributed by atoms with Crippen LogP contribution in [-0.2, 0) is 12.8 Å². The summed E-state index contributed by atoms with van der Waals surface area (Å²) in [5, 5.41) is 10.5. The second kappa shape index (κ2) is 5.03. The molecule has 0 saturated heterocycles. The van der Waals surface area contributed by atoms with Crippen LogP contribution in [0.4, 0.5) is 0 Å². The molecule has 1 heterocycles. The molecule has 0 fully saturated rings. The number of rotatable bonds is 2. The van der Waals surface area contributed by atoms with Gasteiger partial charge in [-0.1, -0.05) is 39.0 Å². The van der Waals surface area contributed by atoms with Crippen LogP contribution >= 0.6 is 0 Å². The van der Waals surface area contributed by atoms with Crippen molar-refractivity contribution in [3.63, 3.8) is 0 Å². The van der Waals surface area contributed by atoms with Gasteiger partial charge in [-0.3, -0.25) is 0 Å². The van der Waals surface area contributed by atoms with Gasteiger partial charge in [-0.15, -0.1) is 0 Å². The van der Waals surface area contributed by atoms with Crippen molar-refractivity contribution in [2.45, 2.75) is 53.1 Å². The Kier molecular flexibility index (Phi) is 3.45. The standard InChI is InChI=1S/C19H25NO/c1-5-14-8-6-7-9-16(14)20-13(2)10-15-17(20)11-19(3,4)12-18(15)21/h6-10,18,21H,5,11-12H2,1-4H3. The third-order valence-corrected chi connectivity index (χ3v) is 4.68. The van der Waals surface area contributed by atoms with Crippen LogP contribution in [-0.4, -0.2) is 9.67 Å². The number of nitrogens with zero attached hydrogens (tertiary/aromatic N) is 1. The highest BCUT2D eigenvalue weighted by atomic mass is 16.3. The highest BCUT2D eigenvalue weighted by Gasteiger charge is 2.34. The Morgan fingerprint density at radius 3 is 2.71 bits per heavy atom. The molecule has 0 aliphatic heterocycles. The number of hydrogen-bond donors (Lipinski definition) is 1. The van der Waals surface area contributed by atoms with E-state index in [4.69, 9.17) is 0 Å². The lowest BCUT2D eigenvalue weighted by Gasteiger charge is -2.34. The highest BCUT2D eigenvalue weighted by Crippen LogP contribution is 2.43. The molecule has 1 unspecified atom stereocenters. The predicted octanol–water partition coefficient (Wildman–Crippen LogP) is 4.35. The van der Waals surface area contributed by atoms with Crippen molar-refractivity contribution < 1.29 is 5.11 Å². The summed E-state index contributed by atoms with van der Waals surface area (Å²) in [5.74, 6) is 0. The Bertz CT molecular complexity index is 666. The first-order valence-electron chi connectivity index (χ1n) is 7.90. The minimum absolute atomic E-state index is 0.149. The third-order valence-electron chi connectivity index (χ3n) is 4.68. The van der Waals surface area contributed by atoms with E-state index in [-0.39, 0.29) is 11.5 Å². The highest BCUT2D eigenvalue weighted by molar-refractivity contribution is 5.48. The Labute approximate surface area is 127 Å². The maximum Gasteiger partial charge on any atom is 0.0812 e. The summed E-state index contributed by atoms with van der Waals surface area (Å²) in [6, 6.07) is 10.8. The summed E-state index contributed by atoms with van der Waals surface area (Å²) in [4.78, 5) is 0. The lowest BCUT2D eigenvalue weighted by molar-refractivity contribution is 0.0987. The van der Waals surface area contributed by atoms with Gasteiger partial charge in [-0.05, 0) is 49.3 Å². The number of fused-ring (bicyclic) bond motifs is 1. The average Bonchev–Trinajstić information content (AvgIpc) is 2.74. The Morgan fingerprint density at radius 2 is 2.00 bits per heavy atom. The van der Waals surface area contributed by atoms with Gasteiger partial charge in [0, 0.05) is 22.6 Å². The van der Waals surface area contributed by atoms with Crippen LogP contribution < -0.4 is 0 Å². The molecule has 0 saturated carbocycles. The molecule has 0 spiro atoms. The third kappa shape index (κ3) is 2.42. The number of aliphatic hydroxyl groups excluding tert-OH is 1. The van der Waals surface area contributed by atoms with Crippen molar-refractivity contribution in [2.75, 3.05) is 0 Å². The van der Waals surface area contributed by atoms with Crippen molar-refractivity contribution in [1.29, 1.82) is 0 Å². The molecule has 1 aromatic heterocycles. The van der Waals surface area contributed by atoms with E-state index in [9.17, 15) is 5.11 Å². The maximum atomic E-state index is 10.5. The van der Waals surface area contributed by atoms with Crippen molar-refractivity contribution >= 4 is 0 Å². The van der Waals surface area contributed by atoms with E-state index in [1.54, 1.807) is 0 Å². The molecule has 2 nitrogen and oxygen atoms in total. The first-order valence-corrected chi connectivity index (χ1v) is 7.90. The molecule has 21 heavy (non-hydrogen) atoms. The van der Waals surface area contributed by atoms with Crippen molar-refractivity contribution in [1.82, 2.24) is 4.57 Å². The molecule has 1 aromatic carbocycles. The Morgan fingerprint density at radius 1 is 1.29 bits per heavy atom. The average molecular weight is 283 g/mol. The SMILES string of the molecule is CCc1ccccc1-n1c(C)cc2c1CC(C)(C)CC2O. The molecule has 1 N–H and O–H groups in total. The first-order chi connectivity index (χ1) is 9.93. The van der Waals surface area contributed by atoms with Gasteiger partial charge >= 0.3 is 0 Å². The largest absolute Gasteiger partial charge is 0.388 e. The molecule has 1 aliphatic rings. The Balaban J connectivity index is 2.21. The zero-order valence-electron chi connectivity index (χ0n) is 13.5. The lowest BCUT2D eigenvalue weighted by atomic mass is 9.75. The molecular formula is C19H25NO. The monoisotopic (exact) mass is 283 g/mol. The molecule has 0 bridgehead atoms. The summed E-state index contributed by atoms with van der Waals surface area (Å²) in [6.07, 6.45) is 2.55. The van der Waals surface area contributed by atoms with Gasteiger partial charge in [-0.25, -0.2) is 0 Å². The second-order valence-electron chi connectivity index (χ2n) is 7.07. The second-order valence-corrected chi connectivity index (χ2v) is 7.07. The van der Waals surface area contributed by atoms with Gasteiger partial charge in [0.2, 0.25) is 0 Å². The predicted molar refractivity (Wildman–Crippen MR) is 86.9 cm³/mol. The maximum absolute atomic E-state index is 10.5. The normalized spacial score (nSPS) is 20.3. The molecule has 1 atom stereocenters. The van der Waals surface area contributed by atoms with Crippen LogP contribution in [0.15, 0.2) is 30.3 Å². The van der Waals surface area contributed by atoms with Crippen LogP contribution in [0.5, 0.6) is 0 Å². The van der Waals surface area contributed by atoms with E-state index in [1.807, 2.05) is 0 Å². The first kappa shape index (κ1) is 14.4. The zero-order valence-corrected chi connectivity index (χ0v) is 13.5. The lowest BCUT2D eigenvalue weighted by Crippen LogP contribution is -2.26. The number of aryl methyl sites for hydroxylation is 2. The minimum atomic E-state index is -0.336. The summed E-state index contributed by atoms with van der Waals surface area (Å²) < 4.78 is 2.36. The fraction of sp³-hybridized carbons (Fsp3) is 0.474. The van der Waals surface area contributed by atoms with E-state index >= 15 is 0 Å². The van der Waals surface area contributed by atoms with E-state index in [1.165, 1.54) is 22.6 Å². The number of aromatic nitrogens is 1. The van der Waals surface area contributed by atoms with Crippen molar-refractivity contribution in [2.24, 2.45) is 5.41 Å². The fourth-order valence-electron chi connectivity index (χ4n) is 3.71. The van der Waals surface area contributed by atoms with Crippen LogP contribution in [0.2, 0.25) is 0 Å². The summed E-state index contributed by atoms with van der Waals surface area (Å²) in [5.41, 5.74) is 6.41. The van der Waals surface area contributed by atoms with Gasteiger partial charge < -0.3 is 9.67 Å². The van der Waals surface area contributed by atoms with E-state index < -0.39 is 0 Å². The zero-order chi connectivity index (χ0) is 15.2. The molecule has 2 aromatic rings. The smallest absolute Gasteiger partial charge is 0.0812 e.